The second-order valence-corrected chi connectivity index (χ2v) is 8.25. The molecule has 1 fully saturated rings. The number of amides is 1. The van der Waals surface area contributed by atoms with E-state index in [1.807, 2.05) is 71.6 Å². The molecule has 0 spiro atoms. The Morgan fingerprint density at radius 2 is 1.50 bits per heavy atom. The number of ether oxygens (including phenoxy) is 1. The summed E-state index contributed by atoms with van der Waals surface area (Å²) in [4.78, 5) is 21.6. The molecule has 172 valence electrons. The molecule has 0 bridgehead atoms. The van der Waals surface area contributed by atoms with Gasteiger partial charge in [-0.1, -0.05) is 47.6 Å². The van der Waals surface area contributed by atoms with Crippen LogP contribution in [0.25, 0.3) is 22.5 Å². The largest absolute Gasteiger partial charge is 0.497 e. The summed E-state index contributed by atoms with van der Waals surface area (Å²) in [6, 6.07) is 25.6. The van der Waals surface area contributed by atoms with Crippen LogP contribution in [-0.2, 0) is 6.54 Å². The third kappa shape index (κ3) is 4.84. The summed E-state index contributed by atoms with van der Waals surface area (Å²) in [5.41, 5.74) is 3.85. The zero-order valence-electron chi connectivity index (χ0n) is 19.1. The maximum atomic E-state index is 13.0. The molecule has 4 aromatic rings. The molecule has 1 aromatic heterocycles. The fourth-order valence-electron chi connectivity index (χ4n) is 4.10. The minimum Gasteiger partial charge on any atom is -0.497 e. The topological polar surface area (TPSA) is 71.7 Å². The van der Waals surface area contributed by atoms with Gasteiger partial charge in [-0.25, -0.2) is 0 Å². The maximum absolute atomic E-state index is 13.0. The highest BCUT2D eigenvalue weighted by Crippen LogP contribution is 2.22. The van der Waals surface area contributed by atoms with Crippen LogP contribution in [0.1, 0.15) is 16.2 Å². The van der Waals surface area contributed by atoms with E-state index in [4.69, 9.17) is 9.26 Å². The lowest BCUT2D eigenvalue weighted by atomic mass is 10.0. The number of hydrogen-bond donors (Lipinski definition) is 0. The molecule has 0 saturated carbocycles. The molecule has 1 amide bonds. The van der Waals surface area contributed by atoms with Crippen LogP contribution in [0.4, 0.5) is 0 Å². The first-order valence-corrected chi connectivity index (χ1v) is 11.3. The molecule has 0 aliphatic carbocycles. The molecule has 1 aliphatic rings. The molecule has 2 heterocycles. The van der Waals surface area contributed by atoms with Gasteiger partial charge in [0, 0.05) is 37.3 Å². The van der Waals surface area contributed by atoms with E-state index in [1.54, 1.807) is 7.11 Å². The van der Waals surface area contributed by atoms with Crippen molar-refractivity contribution in [2.75, 3.05) is 33.3 Å². The summed E-state index contributed by atoms with van der Waals surface area (Å²) in [5, 5.41) is 4.10. The summed E-state index contributed by atoms with van der Waals surface area (Å²) in [5.74, 6) is 1.98. The number of aromatic nitrogens is 2. The Morgan fingerprint density at radius 1 is 0.853 bits per heavy atom. The smallest absolute Gasteiger partial charge is 0.253 e. The van der Waals surface area contributed by atoms with Crippen LogP contribution in [0.3, 0.4) is 0 Å². The van der Waals surface area contributed by atoms with Crippen LogP contribution >= 0.6 is 0 Å². The first-order chi connectivity index (χ1) is 16.7. The van der Waals surface area contributed by atoms with E-state index in [-0.39, 0.29) is 5.91 Å². The lowest BCUT2D eigenvalue weighted by molar-refractivity contribution is 0.0615. The number of methoxy groups -OCH3 is 1. The molecule has 5 rings (SSSR count). The highest BCUT2D eigenvalue weighted by atomic mass is 16.5. The van der Waals surface area contributed by atoms with Crippen molar-refractivity contribution in [3.63, 3.8) is 0 Å². The van der Waals surface area contributed by atoms with E-state index < -0.39 is 0 Å². The van der Waals surface area contributed by atoms with Crippen molar-refractivity contribution in [1.82, 2.24) is 19.9 Å². The average molecular weight is 455 g/mol. The minimum atomic E-state index is 0.0684. The summed E-state index contributed by atoms with van der Waals surface area (Å²) < 4.78 is 10.6. The minimum absolute atomic E-state index is 0.0684. The first-order valence-electron chi connectivity index (χ1n) is 11.3. The Labute approximate surface area is 198 Å². The van der Waals surface area contributed by atoms with Gasteiger partial charge in [-0.15, -0.1) is 0 Å². The van der Waals surface area contributed by atoms with Gasteiger partial charge in [-0.3, -0.25) is 9.69 Å². The van der Waals surface area contributed by atoms with Crippen molar-refractivity contribution in [3.8, 4) is 28.3 Å². The van der Waals surface area contributed by atoms with Gasteiger partial charge < -0.3 is 14.2 Å². The predicted molar refractivity (Wildman–Crippen MR) is 129 cm³/mol. The SMILES string of the molecule is COc1ccc(-c2noc(CN3CCN(C(=O)c4ccc(-c5ccccc5)cc4)CC3)n2)cc1. The summed E-state index contributed by atoms with van der Waals surface area (Å²) in [6.07, 6.45) is 0. The van der Waals surface area contributed by atoms with Gasteiger partial charge in [0.1, 0.15) is 5.75 Å². The van der Waals surface area contributed by atoms with E-state index in [0.29, 0.717) is 36.9 Å². The van der Waals surface area contributed by atoms with E-state index in [2.05, 4.69) is 27.2 Å². The van der Waals surface area contributed by atoms with Crippen LogP contribution in [-0.4, -0.2) is 59.1 Å². The Hall–Kier alpha value is -3.97. The summed E-state index contributed by atoms with van der Waals surface area (Å²) in [7, 11) is 1.64. The average Bonchev–Trinajstić information content (AvgIpc) is 3.38. The van der Waals surface area contributed by atoms with Gasteiger partial charge in [-0.05, 0) is 47.5 Å². The second-order valence-electron chi connectivity index (χ2n) is 8.25. The highest BCUT2D eigenvalue weighted by molar-refractivity contribution is 5.94. The van der Waals surface area contributed by atoms with E-state index in [9.17, 15) is 4.79 Å². The molecule has 0 radical (unpaired) electrons. The summed E-state index contributed by atoms with van der Waals surface area (Å²) in [6.45, 7) is 3.41. The Morgan fingerprint density at radius 3 is 2.18 bits per heavy atom. The number of rotatable bonds is 6. The van der Waals surface area contributed by atoms with Crippen molar-refractivity contribution in [2.24, 2.45) is 0 Å². The number of benzene rings is 3. The summed E-state index contributed by atoms with van der Waals surface area (Å²) >= 11 is 0. The maximum Gasteiger partial charge on any atom is 0.253 e. The predicted octanol–water partition coefficient (Wildman–Crippen LogP) is 4.37. The van der Waals surface area contributed by atoms with Crippen molar-refractivity contribution >= 4 is 5.91 Å². The normalized spacial score (nSPS) is 14.2. The third-order valence-corrected chi connectivity index (χ3v) is 6.07. The molecule has 1 saturated heterocycles. The molecule has 7 heteroatoms. The second kappa shape index (κ2) is 9.89. The monoisotopic (exact) mass is 454 g/mol. The third-order valence-electron chi connectivity index (χ3n) is 6.07. The Bertz CT molecular complexity index is 1230. The van der Waals surface area contributed by atoms with E-state index in [1.165, 1.54) is 0 Å². The van der Waals surface area contributed by atoms with Gasteiger partial charge in [0.15, 0.2) is 0 Å². The number of carbonyl (C=O) groups excluding carboxylic acids is 1. The lowest BCUT2D eigenvalue weighted by Crippen LogP contribution is -2.48. The Balaban J connectivity index is 1.15. The zero-order chi connectivity index (χ0) is 23.3. The van der Waals surface area contributed by atoms with Crippen molar-refractivity contribution in [3.05, 3.63) is 90.3 Å². The molecule has 1 aliphatic heterocycles. The number of hydrogen-bond acceptors (Lipinski definition) is 6. The van der Waals surface area contributed by atoms with Crippen LogP contribution in [0.2, 0.25) is 0 Å². The molecule has 0 unspecified atom stereocenters. The van der Waals surface area contributed by atoms with Gasteiger partial charge in [0.05, 0.1) is 13.7 Å². The zero-order valence-corrected chi connectivity index (χ0v) is 19.1. The lowest BCUT2D eigenvalue weighted by Gasteiger charge is -2.34. The van der Waals surface area contributed by atoms with Crippen molar-refractivity contribution < 1.29 is 14.1 Å². The van der Waals surface area contributed by atoms with Gasteiger partial charge in [-0.2, -0.15) is 4.98 Å². The first kappa shape index (κ1) is 21.9. The standard InChI is InChI=1S/C27H26N4O3/c1-33-24-13-11-22(12-14-24)26-28-25(34-29-26)19-30-15-17-31(18-16-30)27(32)23-9-7-21(8-10-23)20-5-3-2-4-6-20/h2-14H,15-19H2,1H3. The van der Waals surface area contributed by atoms with Crippen LogP contribution in [0.5, 0.6) is 5.75 Å². The molecule has 0 atom stereocenters. The number of nitrogens with zero attached hydrogens (tertiary/aromatic N) is 4. The van der Waals surface area contributed by atoms with E-state index >= 15 is 0 Å². The molecule has 0 N–H and O–H groups in total. The number of piperazine rings is 1. The quantitative estimate of drug-likeness (QED) is 0.431. The van der Waals surface area contributed by atoms with Crippen LogP contribution in [0, 0.1) is 0 Å². The van der Waals surface area contributed by atoms with Crippen LogP contribution < -0.4 is 4.74 Å². The molecular weight excluding hydrogens is 428 g/mol. The van der Waals surface area contributed by atoms with Crippen molar-refractivity contribution in [2.45, 2.75) is 6.54 Å². The molecule has 3 aromatic carbocycles. The van der Waals surface area contributed by atoms with Gasteiger partial charge in [0.2, 0.25) is 11.7 Å². The van der Waals surface area contributed by atoms with Crippen LogP contribution in [0.15, 0.2) is 83.4 Å². The van der Waals surface area contributed by atoms with Gasteiger partial charge in [0.25, 0.3) is 5.91 Å². The fraction of sp³-hybridized carbons (Fsp3) is 0.222. The number of carbonyl (C=O) groups is 1. The molecule has 34 heavy (non-hydrogen) atoms. The molecule has 7 nitrogen and oxygen atoms in total. The van der Waals surface area contributed by atoms with E-state index in [0.717, 1.165) is 35.5 Å². The van der Waals surface area contributed by atoms with Crippen molar-refractivity contribution in [1.29, 1.82) is 0 Å². The molecular formula is C27H26N4O3. The highest BCUT2D eigenvalue weighted by Gasteiger charge is 2.23. The Kier molecular flexibility index (Phi) is 6.35. The fourth-order valence-corrected chi connectivity index (χ4v) is 4.10. The van der Waals surface area contributed by atoms with Gasteiger partial charge >= 0.3 is 0 Å².